The fourth-order valence-electron chi connectivity index (χ4n) is 4.40. The number of ketones is 1. The molecule has 4 rings (SSSR count). The molecule has 2 aromatic rings. The number of carbonyl (C=O) groups excluding carboxylic acids is 2. The van der Waals surface area contributed by atoms with Crippen molar-refractivity contribution in [2.24, 2.45) is 5.92 Å². The van der Waals surface area contributed by atoms with Crippen LogP contribution in [0.25, 0.3) is 0 Å². The first-order valence-corrected chi connectivity index (χ1v) is 9.93. The monoisotopic (exact) mass is 398 g/mol. The van der Waals surface area contributed by atoms with Crippen LogP contribution in [0.5, 0.6) is 5.75 Å². The van der Waals surface area contributed by atoms with Crippen LogP contribution in [-0.2, 0) is 9.59 Å². The lowest BCUT2D eigenvalue weighted by Gasteiger charge is -2.38. The summed E-state index contributed by atoms with van der Waals surface area (Å²) >= 11 is 0. The van der Waals surface area contributed by atoms with Gasteiger partial charge in [0.05, 0.1) is 17.6 Å². The Morgan fingerprint density at radius 3 is 2.40 bits per heavy atom. The molecule has 0 saturated carbocycles. The molecule has 2 aliphatic rings. The van der Waals surface area contributed by atoms with Gasteiger partial charge in [-0.2, -0.15) is 5.26 Å². The number of esters is 1. The molecule has 3 atom stereocenters. The van der Waals surface area contributed by atoms with Crippen LogP contribution in [0.15, 0.2) is 77.6 Å². The maximum Gasteiger partial charge on any atom is 0.308 e. The minimum atomic E-state index is -0.428. The van der Waals surface area contributed by atoms with E-state index in [0.29, 0.717) is 17.7 Å². The lowest BCUT2D eigenvalue weighted by Crippen LogP contribution is -2.39. The van der Waals surface area contributed by atoms with Crippen molar-refractivity contribution < 1.29 is 14.3 Å². The molecule has 0 bridgehead atoms. The van der Waals surface area contributed by atoms with Crippen molar-refractivity contribution in [2.45, 2.75) is 32.1 Å². The maximum absolute atomic E-state index is 13.3. The second-order valence-corrected chi connectivity index (χ2v) is 7.70. The maximum atomic E-state index is 13.3. The number of carbonyl (C=O) groups is 2. The van der Waals surface area contributed by atoms with E-state index < -0.39 is 11.9 Å². The lowest BCUT2D eigenvalue weighted by molar-refractivity contribution is -0.131. The summed E-state index contributed by atoms with van der Waals surface area (Å²) < 4.78 is 5.12. The predicted molar refractivity (Wildman–Crippen MR) is 112 cm³/mol. The van der Waals surface area contributed by atoms with E-state index >= 15 is 0 Å². The Morgan fingerprint density at radius 2 is 1.77 bits per heavy atom. The average Bonchev–Trinajstić information content (AvgIpc) is 2.73. The van der Waals surface area contributed by atoms with Crippen molar-refractivity contribution >= 4 is 11.8 Å². The number of benzene rings is 2. The van der Waals surface area contributed by atoms with Crippen molar-refractivity contribution in [1.82, 2.24) is 5.32 Å². The van der Waals surface area contributed by atoms with Crippen molar-refractivity contribution in [3.05, 3.63) is 88.8 Å². The number of ether oxygens (including phenoxy) is 1. The van der Waals surface area contributed by atoms with Gasteiger partial charge >= 0.3 is 5.97 Å². The standard InChI is InChI=1S/C25H22N2O3/c1-15-21(14-26)24(18-8-10-20(11-9-18)30-16(2)28)25-22(27-15)12-19(13-23(25)29)17-6-4-3-5-7-17/h3-12,19,24-25,27H,13H2,1-2H3. The first-order valence-electron chi connectivity index (χ1n) is 9.93. The average molecular weight is 398 g/mol. The van der Waals surface area contributed by atoms with Gasteiger partial charge in [-0.05, 0) is 30.2 Å². The van der Waals surface area contributed by atoms with E-state index in [0.717, 1.165) is 22.5 Å². The molecule has 1 aliphatic carbocycles. The van der Waals surface area contributed by atoms with Crippen LogP contribution in [0.1, 0.15) is 43.2 Å². The van der Waals surface area contributed by atoms with Crippen molar-refractivity contribution in [3.8, 4) is 11.8 Å². The topological polar surface area (TPSA) is 79.2 Å². The first-order chi connectivity index (χ1) is 14.5. The molecule has 0 aromatic heterocycles. The molecule has 5 heteroatoms. The smallest absolute Gasteiger partial charge is 0.308 e. The van der Waals surface area contributed by atoms with Crippen LogP contribution >= 0.6 is 0 Å². The molecule has 3 unspecified atom stereocenters. The van der Waals surface area contributed by atoms with Gasteiger partial charge in [-0.1, -0.05) is 48.5 Å². The molecule has 0 fully saturated rings. The highest BCUT2D eigenvalue weighted by Crippen LogP contribution is 2.45. The summed E-state index contributed by atoms with van der Waals surface area (Å²) in [5.41, 5.74) is 4.13. The van der Waals surface area contributed by atoms with Crippen LogP contribution in [0.4, 0.5) is 0 Å². The number of Topliss-reactive ketones (excluding diaryl/α,β-unsaturated/α-hetero) is 1. The van der Waals surface area contributed by atoms with Crippen molar-refractivity contribution in [2.75, 3.05) is 0 Å². The molecule has 30 heavy (non-hydrogen) atoms. The molecule has 0 amide bonds. The van der Waals surface area contributed by atoms with Crippen LogP contribution in [0.2, 0.25) is 0 Å². The van der Waals surface area contributed by atoms with Crippen LogP contribution < -0.4 is 10.1 Å². The SMILES string of the molecule is CC(=O)Oc1ccc(C2C(C#N)=C(C)NC3=CC(c4ccccc4)CC(=O)C32)cc1. The molecule has 5 nitrogen and oxygen atoms in total. The fraction of sp³-hybridized carbons (Fsp3) is 0.240. The lowest BCUT2D eigenvalue weighted by atomic mass is 9.69. The van der Waals surface area contributed by atoms with Gasteiger partial charge in [-0.3, -0.25) is 9.59 Å². The van der Waals surface area contributed by atoms with Gasteiger partial charge in [-0.15, -0.1) is 0 Å². The van der Waals surface area contributed by atoms with Crippen LogP contribution in [0.3, 0.4) is 0 Å². The van der Waals surface area contributed by atoms with Gasteiger partial charge in [0.25, 0.3) is 0 Å². The largest absolute Gasteiger partial charge is 0.427 e. The van der Waals surface area contributed by atoms with E-state index in [1.807, 2.05) is 49.4 Å². The Kier molecular flexibility index (Phi) is 5.24. The summed E-state index contributed by atoms with van der Waals surface area (Å²) in [4.78, 5) is 24.5. The van der Waals surface area contributed by atoms with Gasteiger partial charge in [0.1, 0.15) is 11.5 Å². The molecule has 0 radical (unpaired) electrons. The molecule has 1 N–H and O–H groups in total. The van der Waals surface area contributed by atoms with E-state index in [9.17, 15) is 14.9 Å². The third kappa shape index (κ3) is 3.65. The van der Waals surface area contributed by atoms with E-state index in [-0.39, 0.29) is 17.6 Å². The molecular formula is C25H22N2O3. The zero-order chi connectivity index (χ0) is 21.3. The van der Waals surface area contributed by atoms with Gasteiger partial charge in [0.15, 0.2) is 0 Å². The third-order valence-electron chi connectivity index (χ3n) is 5.71. The Balaban J connectivity index is 1.75. The number of allylic oxidation sites excluding steroid dienone is 4. The van der Waals surface area contributed by atoms with E-state index in [1.165, 1.54) is 6.92 Å². The zero-order valence-corrected chi connectivity index (χ0v) is 16.9. The number of nitrogens with one attached hydrogen (secondary N) is 1. The number of rotatable bonds is 3. The summed E-state index contributed by atoms with van der Waals surface area (Å²) in [7, 11) is 0. The zero-order valence-electron chi connectivity index (χ0n) is 16.9. The Hall–Kier alpha value is -3.65. The summed E-state index contributed by atoms with van der Waals surface area (Å²) in [6.45, 7) is 3.22. The highest BCUT2D eigenvalue weighted by Gasteiger charge is 2.42. The summed E-state index contributed by atoms with van der Waals surface area (Å²) in [6, 6.07) is 19.3. The first kappa shape index (κ1) is 19.7. The van der Waals surface area contributed by atoms with Crippen LogP contribution in [-0.4, -0.2) is 11.8 Å². The fourth-order valence-corrected chi connectivity index (χ4v) is 4.40. The van der Waals surface area contributed by atoms with E-state index in [2.05, 4.69) is 17.5 Å². The third-order valence-corrected chi connectivity index (χ3v) is 5.71. The Labute approximate surface area is 175 Å². The van der Waals surface area contributed by atoms with Crippen molar-refractivity contribution in [1.29, 1.82) is 5.26 Å². The molecule has 0 saturated heterocycles. The second kappa shape index (κ2) is 8.00. The summed E-state index contributed by atoms with van der Waals surface area (Å²) in [5, 5.41) is 13.1. The summed E-state index contributed by atoms with van der Waals surface area (Å²) in [6.07, 6.45) is 2.53. The molecular weight excluding hydrogens is 376 g/mol. The molecule has 2 aromatic carbocycles. The van der Waals surface area contributed by atoms with E-state index in [4.69, 9.17) is 4.74 Å². The minimum absolute atomic E-state index is 0.0147. The molecule has 0 spiro atoms. The second-order valence-electron chi connectivity index (χ2n) is 7.70. The Morgan fingerprint density at radius 1 is 1.07 bits per heavy atom. The highest BCUT2D eigenvalue weighted by atomic mass is 16.5. The van der Waals surface area contributed by atoms with Gasteiger partial charge in [0.2, 0.25) is 0 Å². The number of fused-ring (bicyclic) bond motifs is 1. The van der Waals surface area contributed by atoms with Gasteiger partial charge < -0.3 is 10.1 Å². The quantitative estimate of drug-likeness (QED) is 0.614. The van der Waals surface area contributed by atoms with E-state index in [1.54, 1.807) is 12.1 Å². The molecule has 150 valence electrons. The summed E-state index contributed by atoms with van der Waals surface area (Å²) in [5.74, 6) is -0.614. The number of nitriles is 1. The minimum Gasteiger partial charge on any atom is -0.427 e. The molecule has 1 aliphatic heterocycles. The predicted octanol–water partition coefficient (Wildman–Crippen LogP) is 4.35. The Bertz CT molecular complexity index is 1090. The van der Waals surface area contributed by atoms with Crippen molar-refractivity contribution in [3.63, 3.8) is 0 Å². The number of hydrogen-bond donors (Lipinski definition) is 1. The van der Waals surface area contributed by atoms with Gasteiger partial charge in [0, 0.05) is 36.6 Å². The normalized spacial score (nSPS) is 23.0. The number of hydrogen-bond acceptors (Lipinski definition) is 5. The highest BCUT2D eigenvalue weighted by molar-refractivity contribution is 5.88. The number of nitrogens with zero attached hydrogens (tertiary/aromatic N) is 1. The van der Waals surface area contributed by atoms with Crippen LogP contribution in [0, 0.1) is 17.2 Å². The van der Waals surface area contributed by atoms with Gasteiger partial charge in [-0.25, -0.2) is 0 Å². The molecule has 1 heterocycles.